The number of carbonyl (C=O) groups excluding carboxylic acids is 2. The van der Waals surface area contributed by atoms with Crippen LogP contribution in [0.25, 0.3) is 0 Å². The molecule has 9 heteroatoms. The first kappa shape index (κ1) is 22.2. The van der Waals surface area contributed by atoms with Crippen LogP contribution in [0.15, 0.2) is 54.6 Å². The number of anilines is 1. The molecule has 3 N–H and O–H groups in total. The van der Waals surface area contributed by atoms with E-state index in [2.05, 4.69) is 15.4 Å². The number of nitrogens with one attached hydrogen (secondary N) is 3. The molecule has 2 aromatic rings. The maximum Gasteiger partial charge on any atom is 0.251 e. The Kier molecular flexibility index (Phi) is 8.47. The molecule has 0 aliphatic heterocycles. The summed E-state index contributed by atoms with van der Waals surface area (Å²) in [6, 6.07) is 15.5. The van der Waals surface area contributed by atoms with Gasteiger partial charge in [0.2, 0.25) is 15.9 Å². The van der Waals surface area contributed by atoms with Crippen LogP contribution in [-0.2, 0) is 14.8 Å². The van der Waals surface area contributed by atoms with Gasteiger partial charge in [-0.3, -0.25) is 14.3 Å². The number of sulfonamides is 1. The molecule has 0 saturated heterocycles. The van der Waals surface area contributed by atoms with Crippen LogP contribution in [0.1, 0.15) is 23.2 Å². The summed E-state index contributed by atoms with van der Waals surface area (Å²) < 4.78 is 30.2. The molecule has 0 fully saturated rings. The SMILES string of the molecule is CS(=O)(=O)Nc1ccc(C(=O)NCCNC(=O)CCCOc2ccccc2)cc1. The van der Waals surface area contributed by atoms with Gasteiger partial charge in [0, 0.05) is 30.8 Å². The second-order valence-corrected chi connectivity index (χ2v) is 8.07. The van der Waals surface area contributed by atoms with Crippen molar-refractivity contribution in [3.8, 4) is 5.75 Å². The number of ether oxygens (including phenoxy) is 1. The summed E-state index contributed by atoms with van der Waals surface area (Å²) >= 11 is 0. The van der Waals surface area contributed by atoms with E-state index < -0.39 is 10.0 Å². The maximum absolute atomic E-state index is 12.1. The number of carbonyl (C=O) groups is 2. The molecule has 0 aliphatic carbocycles. The monoisotopic (exact) mass is 419 g/mol. The summed E-state index contributed by atoms with van der Waals surface area (Å²) in [6.45, 7) is 1.06. The zero-order valence-electron chi connectivity index (χ0n) is 16.2. The number of hydrogen-bond acceptors (Lipinski definition) is 5. The first-order valence-electron chi connectivity index (χ1n) is 9.14. The number of para-hydroxylation sites is 1. The van der Waals surface area contributed by atoms with Gasteiger partial charge in [-0.2, -0.15) is 0 Å². The van der Waals surface area contributed by atoms with Gasteiger partial charge in [-0.1, -0.05) is 18.2 Å². The number of rotatable bonds is 11. The lowest BCUT2D eigenvalue weighted by Crippen LogP contribution is -2.34. The molecular weight excluding hydrogens is 394 g/mol. The van der Waals surface area contributed by atoms with E-state index in [9.17, 15) is 18.0 Å². The normalized spacial score (nSPS) is 10.8. The Morgan fingerprint density at radius 1 is 0.931 bits per heavy atom. The molecule has 29 heavy (non-hydrogen) atoms. The van der Waals surface area contributed by atoms with Crippen LogP contribution in [0.5, 0.6) is 5.75 Å². The van der Waals surface area contributed by atoms with E-state index in [1.54, 1.807) is 0 Å². The van der Waals surface area contributed by atoms with E-state index >= 15 is 0 Å². The predicted molar refractivity (Wildman–Crippen MR) is 111 cm³/mol. The van der Waals surface area contributed by atoms with Crippen molar-refractivity contribution in [1.29, 1.82) is 0 Å². The van der Waals surface area contributed by atoms with Gasteiger partial charge in [0.25, 0.3) is 5.91 Å². The van der Waals surface area contributed by atoms with Crippen LogP contribution in [0, 0.1) is 0 Å². The van der Waals surface area contributed by atoms with Gasteiger partial charge < -0.3 is 15.4 Å². The third-order valence-electron chi connectivity index (χ3n) is 3.74. The van der Waals surface area contributed by atoms with E-state index in [1.165, 1.54) is 24.3 Å². The fourth-order valence-corrected chi connectivity index (χ4v) is 2.98. The molecule has 0 heterocycles. The second-order valence-electron chi connectivity index (χ2n) is 6.32. The first-order valence-corrected chi connectivity index (χ1v) is 11.0. The third kappa shape index (κ3) is 9.11. The molecule has 0 spiro atoms. The van der Waals surface area contributed by atoms with Crippen LogP contribution >= 0.6 is 0 Å². The predicted octanol–water partition coefficient (Wildman–Crippen LogP) is 1.76. The van der Waals surface area contributed by atoms with Gasteiger partial charge in [-0.15, -0.1) is 0 Å². The van der Waals surface area contributed by atoms with Crippen molar-refractivity contribution in [2.24, 2.45) is 0 Å². The molecule has 0 saturated carbocycles. The number of hydrogen-bond donors (Lipinski definition) is 3. The van der Waals surface area contributed by atoms with Crippen molar-refractivity contribution < 1.29 is 22.7 Å². The van der Waals surface area contributed by atoms with Crippen molar-refractivity contribution in [1.82, 2.24) is 10.6 Å². The molecule has 2 aromatic carbocycles. The number of amides is 2. The number of benzene rings is 2. The van der Waals surface area contributed by atoms with Crippen LogP contribution in [-0.4, -0.2) is 46.2 Å². The Bertz CT molecular complexity index is 899. The minimum atomic E-state index is -3.36. The van der Waals surface area contributed by atoms with Crippen molar-refractivity contribution in [3.63, 3.8) is 0 Å². The highest BCUT2D eigenvalue weighted by Crippen LogP contribution is 2.11. The van der Waals surface area contributed by atoms with E-state index in [0.717, 1.165) is 12.0 Å². The van der Waals surface area contributed by atoms with Crippen LogP contribution in [0.4, 0.5) is 5.69 Å². The lowest BCUT2D eigenvalue weighted by atomic mass is 10.2. The summed E-state index contributed by atoms with van der Waals surface area (Å²) in [4.78, 5) is 23.8. The Morgan fingerprint density at radius 3 is 2.24 bits per heavy atom. The van der Waals surface area contributed by atoms with Gasteiger partial charge in [-0.05, 0) is 42.8 Å². The molecule has 0 atom stereocenters. The molecule has 0 unspecified atom stereocenters. The van der Waals surface area contributed by atoms with Gasteiger partial charge in [-0.25, -0.2) is 8.42 Å². The fourth-order valence-electron chi connectivity index (χ4n) is 2.41. The largest absolute Gasteiger partial charge is 0.494 e. The highest BCUT2D eigenvalue weighted by atomic mass is 32.2. The van der Waals surface area contributed by atoms with E-state index in [-0.39, 0.29) is 18.4 Å². The summed E-state index contributed by atoms with van der Waals surface area (Å²) in [5, 5.41) is 5.43. The van der Waals surface area contributed by atoms with Gasteiger partial charge in [0.15, 0.2) is 0 Å². The van der Waals surface area contributed by atoms with Crippen LogP contribution in [0.3, 0.4) is 0 Å². The zero-order chi connectivity index (χ0) is 21.1. The van der Waals surface area contributed by atoms with Gasteiger partial charge in [0.05, 0.1) is 12.9 Å². The minimum Gasteiger partial charge on any atom is -0.494 e. The molecule has 0 radical (unpaired) electrons. The Balaban J connectivity index is 1.59. The Labute approximate surface area is 170 Å². The van der Waals surface area contributed by atoms with Crippen molar-refractivity contribution >= 4 is 27.5 Å². The average molecular weight is 420 g/mol. The first-order chi connectivity index (χ1) is 13.8. The Morgan fingerprint density at radius 2 is 1.59 bits per heavy atom. The molecule has 0 aliphatic rings. The molecule has 2 rings (SSSR count). The Hall–Kier alpha value is -3.07. The van der Waals surface area contributed by atoms with E-state index in [0.29, 0.717) is 37.2 Å². The van der Waals surface area contributed by atoms with Crippen molar-refractivity contribution in [2.75, 3.05) is 30.7 Å². The molecule has 0 bridgehead atoms. The zero-order valence-corrected chi connectivity index (χ0v) is 17.0. The van der Waals surface area contributed by atoms with Crippen molar-refractivity contribution in [3.05, 3.63) is 60.2 Å². The third-order valence-corrected chi connectivity index (χ3v) is 4.35. The topological polar surface area (TPSA) is 114 Å². The van der Waals surface area contributed by atoms with Crippen molar-refractivity contribution in [2.45, 2.75) is 12.8 Å². The standard InChI is InChI=1S/C20H25N3O5S/c1-29(26,27)23-17-11-9-16(10-12-17)20(25)22-14-13-21-19(24)8-5-15-28-18-6-3-2-4-7-18/h2-4,6-7,9-12,23H,5,8,13-15H2,1H3,(H,21,24)(H,22,25). The summed E-state index contributed by atoms with van der Waals surface area (Å²) in [5.74, 6) is 0.365. The summed E-state index contributed by atoms with van der Waals surface area (Å²) in [7, 11) is -3.36. The highest BCUT2D eigenvalue weighted by molar-refractivity contribution is 7.92. The quantitative estimate of drug-likeness (QED) is 0.480. The van der Waals surface area contributed by atoms with Crippen LogP contribution in [0.2, 0.25) is 0 Å². The minimum absolute atomic E-state index is 0.105. The maximum atomic E-state index is 12.1. The average Bonchev–Trinajstić information content (AvgIpc) is 2.68. The molecule has 156 valence electrons. The molecular formula is C20H25N3O5S. The molecule has 8 nitrogen and oxygen atoms in total. The van der Waals surface area contributed by atoms with Gasteiger partial charge >= 0.3 is 0 Å². The lowest BCUT2D eigenvalue weighted by Gasteiger charge is -2.09. The lowest BCUT2D eigenvalue weighted by molar-refractivity contribution is -0.121. The molecule has 2 amide bonds. The fraction of sp³-hybridized carbons (Fsp3) is 0.300. The molecule has 0 aromatic heterocycles. The van der Waals surface area contributed by atoms with Gasteiger partial charge in [0.1, 0.15) is 5.75 Å². The smallest absolute Gasteiger partial charge is 0.251 e. The van der Waals surface area contributed by atoms with E-state index in [4.69, 9.17) is 4.74 Å². The van der Waals surface area contributed by atoms with E-state index in [1.807, 2.05) is 30.3 Å². The summed E-state index contributed by atoms with van der Waals surface area (Å²) in [5.41, 5.74) is 0.779. The summed E-state index contributed by atoms with van der Waals surface area (Å²) in [6.07, 6.45) is 1.99. The van der Waals surface area contributed by atoms with Crippen LogP contribution < -0.4 is 20.1 Å². The highest BCUT2D eigenvalue weighted by Gasteiger charge is 2.07. The second kappa shape index (κ2) is 11.1.